The van der Waals surface area contributed by atoms with Crippen molar-refractivity contribution in [2.24, 2.45) is 11.7 Å². The molecule has 0 spiro atoms. The molecule has 0 radical (unpaired) electrons. The van der Waals surface area contributed by atoms with Crippen molar-refractivity contribution in [2.75, 3.05) is 6.54 Å². The second kappa shape index (κ2) is 6.20. The highest BCUT2D eigenvalue weighted by molar-refractivity contribution is 5.80. The van der Waals surface area contributed by atoms with Gasteiger partial charge < -0.3 is 10.6 Å². The van der Waals surface area contributed by atoms with Gasteiger partial charge in [-0.15, -0.1) is 0 Å². The summed E-state index contributed by atoms with van der Waals surface area (Å²) < 4.78 is 0. The van der Waals surface area contributed by atoms with Crippen LogP contribution in [0.3, 0.4) is 0 Å². The van der Waals surface area contributed by atoms with Crippen molar-refractivity contribution in [3.05, 3.63) is 35.4 Å². The highest BCUT2D eigenvalue weighted by atomic mass is 16.2. The van der Waals surface area contributed by atoms with Gasteiger partial charge in [-0.3, -0.25) is 4.79 Å². The van der Waals surface area contributed by atoms with Crippen molar-refractivity contribution >= 4 is 5.91 Å². The first-order chi connectivity index (χ1) is 9.13. The van der Waals surface area contributed by atoms with E-state index in [1.807, 2.05) is 24.0 Å². The van der Waals surface area contributed by atoms with E-state index in [2.05, 4.69) is 19.1 Å². The standard InChI is InChI=1S/C16H24N2O/c1-3-18(11-13-8-5-4-7-12(13)2)16(19)14-9-6-10-15(14)17/h4-5,7-8,14-15H,3,6,9-11,17H2,1-2H3/t14-,15+/m0/s1. The highest BCUT2D eigenvalue weighted by Gasteiger charge is 2.32. The maximum absolute atomic E-state index is 12.5. The summed E-state index contributed by atoms with van der Waals surface area (Å²) in [6, 6.07) is 8.30. The molecule has 3 heteroatoms. The van der Waals surface area contributed by atoms with Crippen molar-refractivity contribution in [1.29, 1.82) is 0 Å². The van der Waals surface area contributed by atoms with E-state index in [9.17, 15) is 4.79 Å². The van der Waals surface area contributed by atoms with E-state index in [-0.39, 0.29) is 17.9 Å². The lowest BCUT2D eigenvalue weighted by Crippen LogP contribution is -2.41. The van der Waals surface area contributed by atoms with Crippen LogP contribution in [0.15, 0.2) is 24.3 Å². The Balaban J connectivity index is 2.08. The number of aryl methyl sites for hydroxylation is 1. The zero-order valence-corrected chi connectivity index (χ0v) is 11.9. The largest absolute Gasteiger partial charge is 0.338 e. The molecule has 19 heavy (non-hydrogen) atoms. The highest BCUT2D eigenvalue weighted by Crippen LogP contribution is 2.26. The van der Waals surface area contributed by atoms with Crippen LogP contribution >= 0.6 is 0 Å². The first-order valence-corrected chi connectivity index (χ1v) is 7.22. The molecule has 1 aromatic carbocycles. The molecule has 1 aromatic rings. The van der Waals surface area contributed by atoms with Gasteiger partial charge in [-0.25, -0.2) is 0 Å². The zero-order chi connectivity index (χ0) is 13.8. The molecule has 2 rings (SSSR count). The lowest BCUT2D eigenvalue weighted by Gasteiger charge is -2.26. The second-order valence-electron chi connectivity index (χ2n) is 5.48. The summed E-state index contributed by atoms with van der Waals surface area (Å²) in [5.74, 6) is 0.264. The molecule has 1 aliphatic rings. The number of carbonyl (C=O) groups excluding carboxylic acids is 1. The third-order valence-corrected chi connectivity index (χ3v) is 4.20. The van der Waals surface area contributed by atoms with Gasteiger partial charge in [0.1, 0.15) is 0 Å². The van der Waals surface area contributed by atoms with Gasteiger partial charge in [-0.2, -0.15) is 0 Å². The third-order valence-electron chi connectivity index (χ3n) is 4.20. The van der Waals surface area contributed by atoms with Crippen molar-refractivity contribution < 1.29 is 4.79 Å². The van der Waals surface area contributed by atoms with Crippen LogP contribution in [-0.2, 0) is 11.3 Å². The van der Waals surface area contributed by atoms with E-state index in [4.69, 9.17) is 5.73 Å². The quantitative estimate of drug-likeness (QED) is 0.904. The van der Waals surface area contributed by atoms with Crippen LogP contribution in [0.4, 0.5) is 0 Å². The normalized spacial score (nSPS) is 22.5. The number of nitrogens with zero attached hydrogens (tertiary/aromatic N) is 1. The van der Waals surface area contributed by atoms with Crippen LogP contribution in [0.25, 0.3) is 0 Å². The minimum atomic E-state index is 0.0315. The average Bonchev–Trinajstić information content (AvgIpc) is 2.83. The predicted octanol–water partition coefficient (Wildman–Crippen LogP) is 2.47. The first-order valence-electron chi connectivity index (χ1n) is 7.22. The number of amides is 1. The minimum Gasteiger partial charge on any atom is -0.338 e. The van der Waals surface area contributed by atoms with Crippen LogP contribution in [-0.4, -0.2) is 23.4 Å². The summed E-state index contributed by atoms with van der Waals surface area (Å²) in [5.41, 5.74) is 8.51. The zero-order valence-electron chi connectivity index (χ0n) is 11.9. The van der Waals surface area contributed by atoms with Crippen molar-refractivity contribution in [3.63, 3.8) is 0 Å². The molecule has 0 aromatic heterocycles. The van der Waals surface area contributed by atoms with Gasteiger partial charge in [-0.1, -0.05) is 30.7 Å². The minimum absolute atomic E-state index is 0.0315. The molecular weight excluding hydrogens is 236 g/mol. The SMILES string of the molecule is CCN(Cc1ccccc1C)C(=O)[C@H]1CCC[C@H]1N. The molecular formula is C16H24N2O. The molecule has 1 amide bonds. The van der Waals surface area contributed by atoms with Crippen LogP contribution in [0.1, 0.15) is 37.3 Å². The van der Waals surface area contributed by atoms with E-state index in [1.165, 1.54) is 11.1 Å². The first kappa shape index (κ1) is 14.1. The summed E-state index contributed by atoms with van der Waals surface area (Å²) in [6.45, 7) is 5.58. The summed E-state index contributed by atoms with van der Waals surface area (Å²) >= 11 is 0. The Morgan fingerprint density at radius 2 is 2.11 bits per heavy atom. The van der Waals surface area contributed by atoms with Crippen LogP contribution < -0.4 is 5.73 Å². The number of hydrogen-bond donors (Lipinski definition) is 1. The number of carbonyl (C=O) groups is 1. The molecule has 3 nitrogen and oxygen atoms in total. The van der Waals surface area contributed by atoms with Gasteiger partial charge in [0.15, 0.2) is 0 Å². The molecule has 0 bridgehead atoms. The molecule has 0 saturated heterocycles. The number of hydrogen-bond acceptors (Lipinski definition) is 2. The Morgan fingerprint density at radius 1 is 1.37 bits per heavy atom. The monoisotopic (exact) mass is 260 g/mol. The lowest BCUT2D eigenvalue weighted by atomic mass is 10.0. The fourth-order valence-corrected chi connectivity index (χ4v) is 2.87. The van der Waals surface area contributed by atoms with Gasteiger partial charge in [0.05, 0.1) is 5.92 Å². The predicted molar refractivity (Wildman–Crippen MR) is 77.6 cm³/mol. The van der Waals surface area contributed by atoms with Gasteiger partial charge in [0.25, 0.3) is 0 Å². The van der Waals surface area contributed by atoms with Gasteiger partial charge in [0.2, 0.25) is 5.91 Å². The fraction of sp³-hybridized carbons (Fsp3) is 0.562. The topological polar surface area (TPSA) is 46.3 Å². The molecule has 0 heterocycles. The molecule has 1 fully saturated rings. The van der Waals surface area contributed by atoms with E-state index in [0.717, 1.165) is 25.8 Å². The summed E-state index contributed by atoms with van der Waals surface area (Å²) in [6.07, 6.45) is 3.02. The van der Waals surface area contributed by atoms with E-state index < -0.39 is 0 Å². The molecule has 1 aliphatic carbocycles. The Labute approximate surface area is 115 Å². The number of nitrogens with two attached hydrogens (primary N) is 1. The molecule has 1 saturated carbocycles. The third kappa shape index (κ3) is 3.16. The van der Waals surface area contributed by atoms with E-state index >= 15 is 0 Å². The Kier molecular flexibility index (Phi) is 4.59. The lowest BCUT2D eigenvalue weighted by molar-refractivity contribution is -0.136. The van der Waals surface area contributed by atoms with Crippen LogP contribution in [0.5, 0.6) is 0 Å². The van der Waals surface area contributed by atoms with Gasteiger partial charge in [0, 0.05) is 19.1 Å². The maximum atomic E-state index is 12.5. The molecule has 2 atom stereocenters. The number of benzene rings is 1. The fourth-order valence-electron chi connectivity index (χ4n) is 2.87. The molecule has 2 N–H and O–H groups in total. The Morgan fingerprint density at radius 3 is 2.68 bits per heavy atom. The smallest absolute Gasteiger partial charge is 0.227 e. The number of rotatable bonds is 4. The molecule has 0 unspecified atom stereocenters. The van der Waals surface area contributed by atoms with Crippen LogP contribution in [0, 0.1) is 12.8 Å². The van der Waals surface area contributed by atoms with Gasteiger partial charge >= 0.3 is 0 Å². The Bertz CT molecular complexity index is 444. The summed E-state index contributed by atoms with van der Waals surface area (Å²) in [7, 11) is 0. The van der Waals surface area contributed by atoms with Crippen molar-refractivity contribution in [1.82, 2.24) is 4.90 Å². The second-order valence-corrected chi connectivity index (χ2v) is 5.48. The van der Waals surface area contributed by atoms with E-state index in [0.29, 0.717) is 6.54 Å². The maximum Gasteiger partial charge on any atom is 0.227 e. The van der Waals surface area contributed by atoms with Crippen molar-refractivity contribution in [3.8, 4) is 0 Å². The van der Waals surface area contributed by atoms with E-state index in [1.54, 1.807) is 0 Å². The van der Waals surface area contributed by atoms with Crippen LogP contribution in [0.2, 0.25) is 0 Å². The van der Waals surface area contributed by atoms with Gasteiger partial charge in [-0.05, 0) is 37.8 Å². The summed E-state index contributed by atoms with van der Waals surface area (Å²) in [5, 5.41) is 0. The van der Waals surface area contributed by atoms with Crippen molar-refractivity contribution in [2.45, 2.75) is 45.7 Å². The summed E-state index contributed by atoms with van der Waals surface area (Å²) in [4.78, 5) is 14.5. The molecule has 104 valence electrons. The Hall–Kier alpha value is -1.35. The average molecular weight is 260 g/mol. The molecule has 0 aliphatic heterocycles.